The molecule has 0 N–H and O–H groups in total. The van der Waals surface area contributed by atoms with Crippen LogP contribution in [0, 0.1) is 0 Å². The molecule has 1 aromatic rings. The Bertz CT molecular complexity index is 290. The molecule has 0 aromatic carbocycles. The second-order valence-corrected chi connectivity index (χ2v) is 3.95. The monoisotopic (exact) mass is 190 g/mol. The summed E-state index contributed by atoms with van der Waals surface area (Å²) in [5.74, 6) is 0. The van der Waals surface area contributed by atoms with E-state index in [1.807, 2.05) is 12.4 Å². The number of anilines is 1. The molecule has 1 aromatic heterocycles. The van der Waals surface area contributed by atoms with Crippen LogP contribution in [0.1, 0.15) is 31.7 Å². The lowest BCUT2D eigenvalue weighted by molar-refractivity contribution is 0.884. The minimum absolute atomic E-state index is 1.15. The summed E-state index contributed by atoms with van der Waals surface area (Å²) < 4.78 is 0. The Kier molecular flexibility index (Phi) is 3.02. The molecule has 76 valence electrons. The minimum Gasteiger partial charge on any atom is -0.371 e. The van der Waals surface area contributed by atoms with Gasteiger partial charge in [0.2, 0.25) is 0 Å². The van der Waals surface area contributed by atoms with Crippen LogP contribution >= 0.6 is 0 Å². The van der Waals surface area contributed by atoms with E-state index in [0.717, 1.165) is 6.42 Å². The van der Waals surface area contributed by atoms with Gasteiger partial charge in [-0.3, -0.25) is 4.98 Å². The van der Waals surface area contributed by atoms with Gasteiger partial charge < -0.3 is 4.90 Å². The van der Waals surface area contributed by atoms with Crippen LogP contribution in [0.4, 0.5) is 5.69 Å². The summed E-state index contributed by atoms with van der Waals surface area (Å²) >= 11 is 0. The van der Waals surface area contributed by atoms with Crippen molar-refractivity contribution < 1.29 is 0 Å². The molecule has 1 fully saturated rings. The van der Waals surface area contributed by atoms with Gasteiger partial charge in [0.25, 0.3) is 0 Å². The van der Waals surface area contributed by atoms with Crippen LogP contribution in [0.5, 0.6) is 0 Å². The van der Waals surface area contributed by atoms with Crippen LogP contribution in [-0.4, -0.2) is 18.1 Å². The third-order valence-corrected chi connectivity index (χ3v) is 2.84. The quantitative estimate of drug-likeness (QED) is 0.728. The zero-order valence-electron chi connectivity index (χ0n) is 8.87. The Morgan fingerprint density at radius 3 is 2.86 bits per heavy atom. The molecule has 2 heterocycles. The molecule has 0 unspecified atom stereocenters. The summed E-state index contributed by atoms with van der Waals surface area (Å²) in [6.45, 7) is 4.67. The van der Waals surface area contributed by atoms with Crippen molar-refractivity contribution in [2.45, 2.75) is 32.6 Å². The van der Waals surface area contributed by atoms with E-state index in [1.54, 1.807) is 0 Å². The average Bonchev–Trinajstić information content (AvgIpc) is 2.72. The molecule has 2 heteroatoms. The summed E-state index contributed by atoms with van der Waals surface area (Å²) in [7, 11) is 0. The van der Waals surface area contributed by atoms with Crippen molar-refractivity contribution in [3.05, 3.63) is 24.0 Å². The predicted molar refractivity (Wildman–Crippen MR) is 59.7 cm³/mol. The number of nitrogens with zero attached hydrogens (tertiary/aromatic N) is 2. The lowest BCUT2D eigenvalue weighted by Gasteiger charge is -2.20. The fraction of sp³-hybridized carbons (Fsp3) is 0.583. The van der Waals surface area contributed by atoms with E-state index in [4.69, 9.17) is 0 Å². The summed E-state index contributed by atoms with van der Waals surface area (Å²) in [5.41, 5.74) is 2.83. The number of pyridine rings is 1. The minimum atomic E-state index is 1.15. The van der Waals surface area contributed by atoms with Gasteiger partial charge in [-0.15, -0.1) is 0 Å². The van der Waals surface area contributed by atoms with E-state index in [0.29, 0.717) is 0 Å². The van der Waals surface area contributed by atoms with Crippen molar-refractivity contribution in [1.82, 2.24) is 4.98 Å². The van der Waals surface area contributed by atoms with E-state index in [9.17, 15) is 0 Å². The van der Waals surface area contributed by atoms with E-state index in [-0.39, 0.29) is 0 Å². The SMILES string of the molecule is CCCc1cnccc1N1CCCC1. The van der Waals surface area contributed by atoms with Crippen molar-refractivity contribution in [1.29, 1.82) is 0 Å². The summed E-state index contributed by atoms with van der Waals surface area (Å²) in [6, 6.07) is 2.16. The standard InChI is InChI=1S/C12H18N2/c1-2-5-11-10-13-7-6-12(11)14-8-3-4-9-14/h6-7,10H,2-5,8-9H2,1H3. The molecule has 0 bridgehead atoms. The van der Waals surface area contributed by atoms with Crippen LogP contribution in [0.3, 0.4) is 0 Å². The largest absolute Gasteiger partial charge is 0.371 e. The van der Waals surface area contributed by atoms with E-state index >= 15 is 0 Å². The van der Waals surface area contributed by atoms with E-state index in [1.165, 1.54) is 43.6 Å². The molecular weight excluding hydrogens is 172 g/mol. The Balaban J connectivity index is 2.21. The molecule has 0 aliphatic carbocycles. The highest BCUT2D eigenvalue weighted by molar-refractivity contribution is 5.52. The molecule has 2 rings (SSSR count). The second kappa shape index (κ2) is 4.45. The maximum atomic E-state index is 4.21. The van der Waals surface area contributed by atoms with Crippen LogP contribution in [0.25, 0.3) is 0 Å². The molecule has 0 spiro atoms. The van der Waals surface area contributed by atoms with Gasteiger partial charge in [-0.2, -0.15) is 0 Å². The van der Waals surface area contributed by atoms with Gasteiger partial charge in [0.05, 0.1) is 0 Å². The fourth-order valence-corrected chi connectivity index (χ4v) is 2.15. The molecule has 0 radical (unpaired) electrons. The molecule has 14 heavy (non-hydrogen) atoms. The number of hydrogen-bond donors (Lipinski definition) is 0. The van der Waals surface area contributed by atoms with Crippen molar-refractivity contribution in [2.75, 3.05) is 18.0 Å². The Hall–Kier alpha value is -1.05. The highest BCUT2D eigenvalue weighted by Crippen LogP contribution is 2.24. The molecule has 1 saturated heterocycles. The third kappa shape index (κ3) is 1.89. The molecule has 0 atom stereocenters. The van der Waals surface area contributed by atoms with Crippen molar-refractivity contribution in [3.63, 3.8) is 0 Å². The molecule has 2 nitrogen and oxygen atoms in total. The van der Waals surface area contributed by atoms with Crippen molar-refractivity contribution in [2.24, 2.45) is 0 Å². The van der Waals surface area contributed by atoms with Gasteiger partial charge in [-0.1, -0.05) is 13.3 Å². The van der Waals surface area contributed by atoms with E-state index in [2.05, 4.69) is 22.9 Å². The van der Waals surface area contributed by atoms with Crippen LogP contribution in [0.2, 0.25) is 0 Å². The highest BCUT2D eigenvalue weighted by Gasteiger charge is 2.14. The summed E-state index contributed by atoms with van der Waals surface area (Å²) in [5, 5.41) is 0. The Labute approximate surface area is 86.0 Å². The number of hydrogen-bond acceptors (Lipinski definition) is 2. The Morgan fingerprint density at radius 1 is 1.36 bits per heavy atom. The zero-order valence-corrected chi connectivity index (χ0v) is 8.87. The third-order valence-electron chi connectivity index (χ3n) is 2.84. The molecular formula is C12H18N2. The van der Waals surface area contributed by atoms with Gasteiger partial charge in [-0.25, -0.2) is 0 Å². The van der Waals surface area contributed by atoms with Gasteiger partial charge in [-0.05, 0) is 30.9 Å². The lowest BCUT2D eigenvalue weighted by Crippen LogP contribution is -2.19. The van der Waals surface area contributed by atoms with Gasteiger partial charge >= 0.3 is 0 Å². The topological polar surface area (TPSA) is 16.1 Å². The maximum absolute atomic E-state index is 4.21. The summed E-state index contributed by atoms with van der Waals surface area (Å²) in [4.78, 5) is 6.70. The zero-order chi connectivity index (χ0) is 9.80. The fourth-order valence-electron chi connectivity index (χ4n) is 2.15. The number of aryl methyl sites for hydroxylation is 1. The normalized spacial score (nSPS) is 16.2. The van der Waals surface area contributed by atoms with Crippen LogP contribution in [0.15, 0.2) is 18.5 Å². The average molecular weight is 190 g/mol. The first-order chi connectivity index (χ1) is 6.92. The number of rotatable bonds is 3. The second-order valence-electron chi connectivity index (χ2n) is 3.95. The van der Waals surface area contributed by atoms with Crippen molar-refractivity contribution >= 4 is 5.69 Å². The molecule has 1 aliphatic rings. The maximum Gasteiger partial charge on any atom is 0.0429 e. The van der Waals surface area contributed by atoms with E-state index < -0.39 is 0 Å². The first kappa shape index (κ1) is 9.50. The van der Waals surface area contributed by atoms with Gasteiger partial charge in [0.15, 0.2) is 0 Å². The lowest BCUT2D eigenvalue weighted by atomic mass is 10.1. The van der Waals surface area contributed by atoms with Gasteiger partial charge in [0, 0.05) is 31.2 Å². The Morgan fingerprint density at radius 2 is 2.14 bits per heavy atom. The molecule has 1 aliphatic heterocycles. The first-order valence-electron chi connectivity index (χ1n) is 5.59. The van der Waals surface area contributed by atoms with Gasteiger partial charge in [0.1, 0.15) is 0 Å². The molecule has 0 amide bonds. The smallest absolute Gasteiger partial charge is 0.0429 e. The number of aromatic nitrogens is 1. The highest BCUT2D eigenvalue weighted by atomic mass is 15.1. The van der Waals surface area contributed by atoms with Crippen LogP contribution in [-0.2, 0) is 6.42 Å². The molecule has 0 saturated carbocycles. The van der Waals surface area contributed by atoms with Crippen molar-refractivity contribution in [3.8, 4) is 0 Å². The summed E-state index contributed by atoms with van der Waals surface area (Å²) in [6.07, 6.45) is 8.97. The van der Waals surface area contributed by atoms with Crippen LogP contribution < -0.4 is 4.90 Å². The first-order valence-corrected chi connectivity index (χ1v) is 5.59. The predicted octanol–water partition coefficient (Wildman–Crippen LogP) is 2.63.